The van der Waals surface area contributed by atoms with Crippen molar-refractivity contribution in [3.05, 3.63) is 58.3 Å². The molecule has 0 saturated carbocycles. The van der Waals surface area contributed by atoms with Crippen molar-refractivity contribution in [1.82, 2.24) is 9.97 Å². The summed E-state index contributed by atoms with van der Waals surface area (Å²) in [6, 6.07) is 7.09. The number of ether oxygens (including phenoxy) is 4. The summed E-state index contributed by atoms with van der Waals surface area (Å²) in [5.74, 6) is 8.49. The van der Waals surface area contributed by atoms with Crippen molar-refractivity contribution >= 4 is 18.0 Å². The maximum absolute atomic E-state index is 8.93. The highest BCUT2D eigenvalue weighted by molar-refractivity contribution is 5.82. The second-order valence-electron chi connectivity index (χ2n) is 6.99. The van der Waals surface area contributed by atoms with Gasteiger partial charge in [-0.15, -0.1) is 0 Å². The van der Waals surface area contributed by atoms with Crippen LogP contribution in [0.25, 0.3) is 0 Å². The first-order chi connectivity index (χ1) is 16.4. The monoisotopic (exact) mass is 463 g/mol. The minimum Gasteiger partial charge on any atom is -0.493 e. The molecule has 0 atom stereocenters. The van der Waals surface area contributed by atoms with E-state index in [1.165, 1.54) is 27.5 Å². The van der Waals surface area contributed by atoms with E-state index < -0.39 is 0 Å². The van der Waals surface area contributed by atoms with Gasteiger partial charge in [0.1, 0.15) is 5.82 Å². The second-order valence-corrected chi connectivity index (χ2v) is 6.99. The Labute approximate surface area is 197 Å². The standard InChI is InChI=1S/C24H25N5O5/c1-31-19-10-14(8-18-13-27-24(26)29-23(18)25)7-16(21(19)33-3)5-6-17-9-15(12-28-30)11-20(32-2)22(17)34-4/h7,9-13,30H,8H2,1-4H3,(H4,25,26,27,29)/b28-12+. The molecular formula is C24H25N5O5. The molecule has 0 fully saturated rings. The summed E-state index contributed by atoms with van der Waals surface area (Å²) in [5.41, 5.74) is 14.9. The molecule has 0 spiro atoms. The zero-order valence-corrected chi connectivity index (χ0v) is 19.2. The van der Waals surface area contributed by atoms with Crippen LogP contribution in [0.3, 0.4) is 0 Å². The zero-order valence-electron chi connectivity index (χ0n) is 19.2. The maximum Gasteiger partial charge on any atom is 0.221 e. The number of hydrogen-bond acceptors (Lipinski definition) is 10. The molecule has 0 saturated heterocycles. The fraction of sp³-hybridized carbons (Fsp3) is 0.208. The van der Waals surface area contributed by atoms with Gasteiger partial charge in [0, 0.05) is 23.7 Å². The van der Waals surface area contributed by atoms with Gasteiger partial charge in [0.05, 0.1) is 45.8 Å². The Morgan fingerprint density at radius 2 is 1.53 bits per heavy atom. The number of rotatable bonds is 7. The Morgan fingerprint density at radius 3 is 2.09 bits per heavy atom. The summed E-state index contributed by atoms with van der Waals surface area (Å²) in [7, 11) is 6.12. The lowest BCUT2D eigenvalue weighted by molar-refractivity contribution is 0.321. The Balaban J connectivity index is 2.12. The summed E-state index contributed by atoms with van der Waals surface area (Å²) in [6.07, 6.45) is 3.29. The fourth-order valence-electron chi connectivity index (χ4n) is 3.36. The Morgan fingerprint density at radius 1 is 0.912 bits per heavy atom. The number of benzene rings is 2. The van der Waals surface area contributed by atoms with Crippen LogP contribution in [-0.4, -0.2) is 49.8 Å². The Hall–Kier alpha value is -4.65. The molecule has 1 heterocycles. The molecule has 0 unspecified atom stereocenters. The van der Waals surface area contributed by atoms with Gasteiger partial charge < -0.3 is 35.6 Å². The number of aromatic nitrogens is 2. The summed E-state index contributed by atoms with van der Waals surface area (Å²) in [6.45, 7) is 0. The number of oxime groups is 1. The maximum atomic E-state index is 8.93. The number of nitrogen functional groups attached to an aromatic ring is 2. The van der Waals surface area contributed by atoms with Crippen molar-refractivity contribution in [3.8, 4) is 34.8 Å². The molecule has 3 rings (SSSR count). The van der Waals surface area contributed by atoms with E-state index in [1.807, 2.05) is 12.1 Å². The van der Waals surface area contributed by atoms with Gasteiger partial charge in [0.2, 0.25) is 5.95 Å². The predicted molar refractivity (Wildman–Crippen MR) is 128 cm³/mol. The molecule has 176 valence electrons. The third-order valence-electron chi connectivity index (χ3n) is 4.89. The SMILES string of the molecule is COc1cc(/C=N/O)cc(C#Cc2cc(Cc3cnc(N)nc3N)cc(OC)c2OC)c1OC. The van der Waals surface area contributed by atoms with E-state index in [0.717, 1.165) is 5.56 Å². The van der Waals surface area contributed by atoms with Gasteiger partial charge in [-0.2, -0.15) is 4.98 Å². The van der Waals surface area contributed by atoms with Crippen molar-refractivity contribution < 1.29 is 24.2 Å². The number of anilines is 2. The van der Waals surface area contributed by atoms with Gasteiger partial charge in [-0.25, -0.2) is 4.98 Å². The van der Waals surface area contributed by atoms with E-state index in [9.17, 15) is 0 Å². The second kappa shape index (κ2) is 10.8. The average molecular weight is 463 g/mol. The molecule has 3 aromatic rings. The van der Waals surface area contributed by atoms with Crippen molar-refractivity contribution in [2.75, 3.05) is 39.9 Å². The highest BCUT2D eigenvalue weighted by Crippen LogP contribution is 2.35. The van der Waals surface area contributed by atoms with Crippen LogP contribution in [0.1, 0.15) is 27.8 Å². The highest BCUT2D eigenvalue weighted by Gasteiger charge is 2.14. The average Bonchev–Trinajstić information content (AvgIpc) is 2.83. The third-order valence-corrected chi connectivity index (χ3v) is 4.89. The van der Waals surface area contributed by atoms with Gasteiger partial charge in [-0.1, -0.05) is 17.0 Å². The topological polar surface area (TPSA) is 147 Å². The largest absolute Gasteiger partial charge is 0.493 e. The van der Waals surface area contributed by atoms with E-state index in [-0.39, 0.29) is 5.95 Å². The molecule has 1 aromatic heterocycles. The molecule has 5 N–H and O–H groups in total. The lowest BCUT2D eigenvalue weighted by atomic mass is 10.0. The van der Waals surface area contributed by atoms with Crippen LogP contribution in [0.5, 0.6) is 23.0 Å². The molecule has 0 aliphatic rings. The fourth-order valence-corrected chi connectivity index (χ4v) is 3.36. The van der Waals surface area contributed by atoms with Crippen LogP contribution in [-0.2, 0) is 6.42 Å². The quantitative estimate of drug-likeness (QED) is 0.208. The van der Waals surface area contributed by atoms with Gasteiger partial charge in [-0.05, 0) is 29.8 Å². The molecule has 0 radical (unpaired) electrons. The van der Waals surface area contributed by atoms with Crippen LogP contribution in [0.4, 0.5) is 11.8 Å². The molecule has 0 bridgehead atoms. The summed E-state index contributed by atoms with van der Waals surface area (Å²) in [4.78, 5) is 8.03. The number of methoxy groups -OCH3 is 4. The Bertz CT molecular complexity index is 1280. The number of nitrogens with zero attached hydrogens (tertiary/aromatic N) is 3. The van der Waals surface area contributed by atoms with Gasteiger partial charge in [-0.3, -0.25) is 0 Å². The van der Waals surface area contributed by atoms with Crippen LogP contribution in [0.15, 0.2) is 35.6 Å². The first-order valence-electron chi connectivity index (χ1n) is 10.0. The molecule has 34 heavy (non-hydrogen) atoms. The van der Waals surface area contributed by atoms with E-state index in [1.54, 1.807) is 25.4 Å². The van der Waals surface area contributed by atoms with Crippen molar-refractivity contribution in [1.29, 1.82) is 0 Å². The predicted octanol–water partition coefficient (Wildman–Crippen LogP) is 2.47. The number of nitrogens with two attached hydrogens (primary N) is 2. The number of hydrogen-bond donors (Lipinski definition) is 3. The van der Waals surface area contributed by atoms with Crippen LogP contribution in [0.2, 0.25) is 0 Å². The molecule has 10 nitrogen and oxygen atoms in total. The Kier molecular flexibility index (Phi) is 7.61. The lowest BCUT2D eigenvalue weighted by Gasteiger charge is -2.13. The summed E-state index contributed by atoms with van der Waals surface area (Å²) in [5, 5.41) is 12.0. The van der Waals surface area contributed by atoms with Crippen LogP contribution < -0.4 is 30.4 Å². The van der Waals surface area contributed by atoms with E-state index in [2.05, 4.69) is 27.0 Å². The normalized spacial score (nSPS) is 10.5. The van der Waals surface area contributed by atoms with E-state index >= 15 is 0 Å². The van der Waals surface area contributed by atoms with Crippen molar-refractivity contribution in [3.63, 3.8) is 0 Å². The first kappa shape index (κ1) is 24.0. The van der Waals surface area contributed by atoms with E-state index in [4.69, 9.17) is 35.6 Å². The van der Waals surface area contributed by atoms with Gasteiger partial charge in [0.25, 0.3) is 0 Å². The summed E-state index contributed by atoms with van der Waals surface area (Å²) >= 11 is 0. The smallest absolute Gasteiger partial charge is 0.221 e. The van der Waals surface area contributed by atoms with Crippen molar-refractivity contribution in [2.24, 2.45) is 5.16 Å². The molecule has 10 heteroatoms. The van der Waals surface area contributed by atoms with Gasteiger partial charge in [0.15, 0.2) is 23.0 Å². The first-order valence-corrected chi connectivity index (χ1v) is 10.0. The van der Waals surface area contributed by atoms with Gasteiger partial charge >= 0.3 is 0 Å². The minimum absolute atomic E-state index is 0.109. The molecular weight excluding hydrogens is 438 g/mol. The molecule has 0 aliphatic carbocycles. The minimum atomic E-state index is 0.109. The molecule has 2 aromatic carbocycles. The third kappa shape index (κ3) is 5.21. The highest BCUT2D eigenvalue weighted by atomic mass is 16.5. The zero-order chi connectivity index (χ0) is 24.7. The van der Waals surface area contributed by atoms with Crippen LogP contribution >= 0.6 is 0 Å². The van der Waals surface area contributed by atoms with E-state index in [0.29, 0.717) is 57.5 Å². The summed E-state index contributed by atoms with van der Waals surface area (Å²) < 4.78 is 22.0. The lowest BCUT2D eigenvalue weighted by Crippen LogP contribution is -2.04. The molecule has 0 aliphatic heterocycles. The van der Waals surface area contributed by atoms with Crippen LogP contribution in [0, 0.1) is 11.8 Å². The molecule has 0 amide bonds. The van der Waals surface area contributed by atoms with Crippen molar-refractivity contribution in [2.45, 2.75) is 6.42 Å².